The van der Waals surface area contributed by atoms with E-state index in [1.165, 1.54) is 12.4 Å². The highest BCUT2D eigenvalue weighted by Crippen LogP contribution is 1.95. The van der Waals surface area contributed by atoms with Crippen LogP contribution >= 0.6 is 0 Å². The van der Waals surface area contributed by atoms with Gasteiger partial charge in [-0.25, -0.2) is 0 Å². The third kappa shape index (κ3) is 2.06. The highest BCUT2D eigenvalue weighted by Gasteiger charge is 1.97. The van der Waals surface area contributed by atoms with Crippen molar-refractivity contribution in [3.05, 3.63) is 18.0 Å². The Bertz CT molecular complexity index is 269. The van der Waals surface area contributed by atoms with Gasteiger partial charge >= 0.3 is 0 Å². The summed E-state index contributed by atoms with van der Waals surface area (Å²) in [6.07, 6.45) is 3.65. The van der Waals surface area contributed by atoms with Gasteiger partial charge in [-0.1, -0.05) is 0 Å². The molecule has 66 valence electrons. The first-order valence-electron chi connectivity index (χ1n) is 3.77. The van der Waals surface area contributed by atoms with Gasteiger partial charge in [0.2, 0.25) is 0 Å². The number of hydrogen-bond donors (Lipinski definition) is 1. The molecule has 0 unspecified atom stereocenters. The van der Waals surface area contributed by atoms with Crippen LogP contribution in [0.2, 0.25) is 0 Å². The summed E-state index contributed by atoms with van der Waals surface area (Å²) in [7, 11) is 0. The lowest BCUT2D eigenvalue weighted by Gasteiger charge is -1.96. The standard InChI is InChI=1S/C7H11N3O2/c8-2-1-3-10-5-6(4-9-10)7(11)12/h4-5H,1-3,8H2,(H,11,12). The first-order valence-corrected chi connectivity index (χ1v) is 3.77. The van der Waals surface area contributed by atoms with E-state index < -0.39 is 5.97 Å². The van der Waals surface area contributed by atoms with Crippen molar-refractivity contribution >= 4 is 5.97 Å². The summed E-state index contributed by atoms with van der Waals surface area (Å²) in [6.45, 7) is 1.53. The van der Waals surface area contributed by atoms with Crippen LogP contribution in [0, 0.1) is 0 Å². The monoisotopic (exact) mass is 169 g/mol. The number of carboxylic acids is 1. The Morgan fingerprint density at radius 1 is 1.75 bits per heavy atom. The minimum atomic E-state index is -1.18. The average Bonchev–Trinajstić information content (AvgIpc) is 2.48. The highest BCUT2D eigenvalue weighted by molar-refractivity contribution is 5.84. The van der Waals surface area contributed by atoms with E-state index in [0.29, 0.717) is 6.54 Å². The molecule has 0 amide bonds. The summed E-state index contributed by atoms with van der Waals surface area (Å²) in [6, 6.07) is 0. The largest absolute Gasteiger partial charge is 0.545 e. The van der Waals surface area contributed by atoms with E-state index in [2.05, 4.69) is 10.8 Å². The van der Waals surface area contributed by atoms with Crippen LogP contribution in [0.1, 0.15) is 16.8 Å². The number of quaternary nitrogens is 1. The van der Waals surface area contributed by atoms with Gasteiger partial charge < -0.3 is 15.6 Å². The molecule has 5 heteroatoms. The maximum atomic E-state index is 10.3. The Balaban J connectivity index is 2.58. The molecule has 1 aromatic heterocycles. The number of aromatic nitrogens is 2. The van der Waals surface area contributed by atoms with Crippen molar-refractivity contribution in [2.75, 3.05) is 6.54 Å². The number of hydrogen-bond acceptors (Lipinski definition) is 3. The van der Waals surface area contributed by atoms with Gasteiger partial charge in [-0.2, -0.15) is 5.10 Å². The van der Waals surface area contributed by atoms with Crippen LogP contribution in [0.15, 0.2) is 12.4 Å². The fourth-order valence-corrected chi connectivity index (χ4v) is 0.865. The van der Waals surface area contributed by atoms with Crippen LogP contribution in [0.5, 0.6) is 0 Å². The zero-order valence-electron chi connectivity index (χ0n) is 6.69. The Morgan fingerprint density at radius 2 is 2.50 bits per heavy atom. The lowest BCUT2D eigenvalue weighted by molar-refractivity contribution is -0.368. The van der Waals surface area contributed by atoms with Gasteiger partial charge in [-0.05, 0) is 0 Å². The minimum Gasteiger partial charge on any atom is -0.545 e. The van der Waals surface area contributed by atoms with Gasteiger partial charge in [0.1, 0.15) is 0 Å². The van der Waals surface area contributed by atoms with E-state index in [9.17, 15) is 9.90 Å². The van der Waals surface area contributed by atoms with E-state index in [-0.39, 0.29) is 5.56 Å². The molecular weight excluding hydrogens is 158 g/mol. The Kier molecular flexibility index (Phi) is 2.82. The molecule has 12 heavy (non-hydrogen) atoms. The molecule has 0 bridgehead atoms. The summed E-state index contributed by atoms with van der Waals surface area (Å²) in [5.74, 6) is -1.18. The third-order valence-electron chi connectivity index (χ3n) is 1.51. The SMILES string of the molecule is [NH3+]CCCn1cc(C(=O)[O-])cn1. The first-order chi connectivity index (χ1) is 5.74. The second-order valence-corrected chi connectivity index (χ2v) is 2.49. The Hall–Kier alpha value is -1.36. The predicted octanol–water partition coefficient (Wildman–Crippen LogP) is -2.12. The van der Waals surface area contributed by atoms with Crippen LogP contribution in [-0.4, -0.2) is 22.3 Å². The highest BCUT2D eigenvalue weighted by atomic mass is 16.4. The third-order valence-corrected chi connectivity index (χ3v) is 1.51. The molecule has 0 aliphatic heterocycles. The first kappa shape index (κ1) is 8.73. The number of aryl methyl sites for hydroxylation is 1. The predicted molar refractivity (Wildman–Crippen MR) is 38.9 cm³/mol. The van der Waals surface area contributed by atoms with Crippen molar-refractivity contribution in [3.8, 4) is 0 Å². The Labute approximate surface area is 69.8 Å². The number of rotatable bonds is 4. The van der Waals surface area contributed by atoms with Crippen LogP contribution in [0.3, 0.4) is 0 Å². The van der Waals surface area contributed by atoms with Crippen LogP contribution in [-0.2, 0) is 6.54 Å². The van der Waals surface area contributed by atoms with E-state index in [4.69, 9.17) is 0 Å². The van der Waals surface area contributed by atoms with Gasteiger partial charge in [0.15, 0.2) is 0 Å². The van der Waals surface area contributed by atoms with E-state index >= 15 is 0 Å². The number of carbonyl (C=O) groups excluding carboxylic acids is 1. The van der Waals surface area contributed by atoms with Crippen molar-refractivity contribution < 1.29 is 15.6 Å². The lowest BCUT2D eigenvalue weighted by atomic mass is 10.4. The molecule has 0 fully saturated rings. The zero-order valence-corrected chi connectivity index (χ0v) is 6.69. The molecule has 0 radical (unpaired) electrons. The lowest BCUT2D eigenvalue weighted by Crippen LogP contribution is -2.50. The molecule has 0 aliphatic rings. The van der Waals surface area contributed by atoms with Gasteiger partial charge in [0.05, 0.1) is 18.7 Å². The summed E-state index contributed by atoms with van der Waals surface area (Å²) in [5, 5.41) is 14.2. The molecule has 0 aliphatic carbocycles. The molecule has 0 atom stereocenters. The van der Waals surface area contributed by atoms with Crippen molar-refractivity contribution in [1.82, 2.24) is 9.78 Å². The summed E-state index contributed by atoms with van der Waals surface area (Å²) in [5.41, 5.74) is 3.80. The number of nitrogens with zero attached hydrogens (tertiary/aromatic N) is 2. The molecule has 1 rings (SSSR count). The number of carbonyl (C=O) groups is 1. The fraction of sp³-hybridized carbons (Fsp3) is 0.429. The van der Waals surface area contributed by atoms with E-state index in [1.54, 1.807) is 4.68 Å². The van der Waals surface area contributed by atoms with Gasteiger partial charge in [-0.3, -0.25) is 4.68 Å². The van der Waals surface area contributed by atoms with E-state index in [0.717, 1.165) is 13.0 Å². The van der Waals surface area contributed by atoms with Crippen LogP contribution in [0.4, 0.5) is 0 Å². The second-order valence-electron chi connectivity index (χ2n) is 2.49. The molecular formula is C7H11N3O2. The van der Waals surface area contributed by atoms with Crippen molar-refractivity contribution in [3.63, 3.8) is 0 Å². The molecule has 0 aromatic carbocycles. The van der Waals surface area contributed by atoms with E-state index in [1.807, 2.05) is 0 Å². The zero-order chi connectivity index (χ0) is 8.97. The summed E-state index contributed by atoms with van der Waals surface area (Å²) in [4.78, 5) is 10.3. The van der Waals surface area contributed by atoms with Crippen molar-refractivity contribution in [2.24, 2.45) is 0 Å². The number of aromatic carboxylic acids is 1. The molecule has 1 aromatic rings. The van der Waals surface area contributed by atoms with Crippen LogP contribution in [0.25, 0.3) is 0 Å². The fourth-order valence-electron chi connectivity index (χ4n) is 0.865. The maximum Gasteiger partial charge on any atom is 0.0757 e. The van der Waals surface area contributed by atoms with Gasteiger partial charge in [-0.15, -0.1) is 0 Å². The summed E-state index contributed by atoms with van der Waals surface area (Å²) >= 11 is 0. The number of carboxylic acid groups (broad SMARTS) is 1. The normalized spacial score (nSPS) is 10.1. The van der Waals surface area contributed by atoms with Crippen LogP contribution < -0.4 is 10.8 Å². The quantitative estimate of drug-likeness (QED) is 0.559. The molecule has 1 heterocycles. The molecule has 0 spiro atoms. The molecule has 0 saturated heterocycles. The maximum absolute atomic E-state index is 10.3. The smallest absolute Gasteiger partial charge is 0.0757 e. The van der Waals surface area contributed by atoms with Crippen molar-refractivity contribution in [1.29, 1.82) is 0 Å². The van der Waals surface area contributed by atoms with Gasteiger partial charge in [0, 0.05) is 24.7 Å². The average molecular weight is 169 g/mol. The molecule has 0 saturated carbocycles. The molecule has 5 nitrogen and oxygen atoms in total. The molecule has 3 N–H and O–H groups in total. The van der Waals surface area contributed by atoms with Gasteiger partial charge in [0.25, 0.3) is 0 Å². The topological polar surface area (TPSA) is 85.6 Å². The minimum absolute atomic E-state index is 0.124. The Morgan fingerprint density at radius 3 is 3.00 bits per heavy atom. The second kappa shape index (κ2) is 3.87. The summed E-state index contributed by atoms with van der Waals surface area (Å²) < 4.78 is 1.58. The van der Waals surface area contributed by atoms with Crippen molar-refractivity contribution in [2.45, 2.75) is 13.0 Å².